The van der Waals surface area contributed by atoms with Crippen molar-refractivity contribution in [3.8, 4) is 5.69 Å². The minimum atomic E-state index is -0.195. The zero-order valence-corrected chi connectivity index (χ0v) is 17.1. The number of urea groups is 1. The Bertz CT molecular complexity index is 931. The molecule has 0 aliphatic carbocycles. The van der Waals surface area contributed by atoms with Gasteiger partial charge in [-0.15, -0.1) is 0 Å². The van der Waals surface area contributed by atoms with Gasteiger partial charge in [0.05, 0.1) is 17.6 Å². The van der Waals surface area contributed by atoms with Crippen LogP contribution in [-0.2, 0) is 13.1 Å². The second-order valence-electron chi connectivity index (χ2n) is 7.05. The second kappa shape index (κ2) is 8.93. The summed E-state index contributed by atoms with van der Waals surface area (Å²) in [6.45, 7) is 7.87. The second-order valence-corrected chi connectivity index (χ2v) is 7.48. The molecule has 3 rings (SSSR count). The Balaban J connectivity index is 1.43. The van der Waals surface area contributed by atoms with E-state index in [0.717, 1.165) is 29.2 Å². The summed E-state index contributed by atoms with van der Waals surface area (Å²) >= 11 is 5.91. The Morgan fingerprint density at radius 1 is 1.21 bits per heavy atom. The van der Waals surface area contributed by atoms with Crippen LogP contribution in [0.15, 0.2) is 42.7 Å². The zero-order valence-electron chi connectivity index (χ0n) is 16.3. The van der Waals surface area contributed by atoms with Crippen LogP contribution in [0.2, 0.25) is 5.02 Å². The van der Waals surface area contributed by atoms with E-state index in [1.165, 1.54) is 0 Å². The summed E-state index contributed by atoms with van der Waals surface area (Å²) in [4.78, 5) is 12.1. The lowest BCUT2D eigenvalue weighted by atomic mass is 10.2. The van der Waals surface area contributed by atoms with Crippen LogP contribution in [-0.4, -0.2) is 32.1 Å². The summed E-state index contributed by atoms with van der Waals surface area (Å²) in [5.41, 5.74) is 3.97. The molecule has 1 aromatic carbocycles. The van der Waals surface area contributed by atoms with Gasteiger partial charge in [-0.1, -0.05) is 18.5 Å². The highest BCUT2D eigenvalue weighted by Crippen LogP contribution is 2.13. The molecule has 0 aliphatic rings. The zero-order chi connectivity index (χ0) is 20.1. The third-order valence-electron chi connectivity index (χ3n) is 4.38. The highest BCUT2D eigenvalue weighted by molar-refractivity contribution is 6.30. The molecule has 0 radical (unpaired) electrons. The fourth-order valence-electron chi connectivity index (χ4n) is 2.92. The van der Waals surface area contributed by atoms with E-state index in [0.29, 0.717) is 18.1 Å². The van der Waals surface area contributed by atoms with E-state index in [9.17, 15) is 4.79 Å². The van der Waals surface area contributed by atoms with Crippen LogP contribution in [0.5, 0.6) is 0 Å². The largest absolute Gasteiger partial charge is 0.338 e. The van der Waals surface area contributed by atoms with Crippen LogP contribution in [0.25, 0.3) is 5.69 Å². The third-order valence-corrected chi connectivity index (χ3v) is 4.63. The Morgan fingerprint density at radius 3 is 2.64 bits per heavy atom. The van der Waals surface area contributed by atoms with E-state index < -0.39 is 0 Å². The first-order chi connectivity index (χ1) is 13.4. The first-order valence-electron chi connectivity index (χ1n) is 9.23. The molecular formula is C20H25ClN6O. The molecule has 1 unspecified atom stereocenters. The molecule has 0 bridgehead atoms. The Labute approximate surface area is 169 Å². The minimum Gasteiger partial charge on any atom is -0.338 e. The van der Waals surface area contributed by atoms with Crippen LogP contribution in [0.4, 0.5) is 4.79 Å². The van der Waals surface area contributed by atoms with Gasteiger partial charge in [-0.3, -0.25) is 4.68 Å². The van der Waals surface area contributed by atoms with E-state index in [1.54, 1.807) is 10.9 Å². The molecule has 2 amide bonds. The van der Waals surface area contributed by atoms with Gasteiger partial charge in [-0.25, -0.2) is 9.48 Å². The van der Waals surface area contributed by atoms with Gasteiger partial charge >= 0.3 is 6.03 Å². The molecule has 2 heterocycles. The van der Waals surface area contributed by atoms with Gasteiger partial charge in [0.1, 0.15) is 0 Å². The Kier molecular flexibility index (Phi) is 6.36. The number of benzene rings is 1. The predicted octanol–water partition coefficient (Wildman–Crippen LogP) is 3.47. The van der Waals surface area contributed by atoms with Crippen LogP contribution < -0.4 is 10.6 Å². The summed E-state index contributed by atoms with van der Waals surface area (Å²) in [5.74, 6) is 0.274. The molecule has 1 atom stereocenters. The standard InChI is InChI=1S/C20H25ClN6O/c1-14(12-26-16(3)8-15(2)25-26)9-22-20(28)23-10-17-11-24-27(13-17)19-6-4-18(21)5-7-19/h4-8,11,13-14H,9-10,12H2,1-3H3,(H2,22,23,28). The van der Waals surface area contributed by atoms with Gasteiger partial charge in [0, 0.05) is 42.1 Å². The molecule has 3 aromatic rings. The van der Waals surface area contributed by atoms with Crippen LogP contribution in [0, 0.1) is 19.8 Å². The predicted molar refractivity (Wildman–Crippen MR) is 110 cm³/mol. The van der Waals surface area contributed by atoms with Crippen molar-refractivity contribution in [3.05, 3.63) is 64.7 Å². The SMILES string of the molecule is Cc1cc(C)n(CC(C)CNC(=O)NCc2cnn(-c3ccc(Cl)cc3)c2)n1. The van der Waals surface area contributed by atoms with E-state index in [-0.39, 0.29) is 11.9 Å². The molecule has 0 spiro atoms. The molecule has 2 aromatic heterocycles. The Morgan fingerprint density at radius 2 is 1.96 bits per heavy atom. The quantitative estimate of drug-likeness (QED) is 0.637. The summed E-state index contributed by atoms with van der Waals surface area (Å²) < 4.78 is 3.73. The van der Waals surface area contributed by atoms with Crippen LogP contribution >= 0.6 is 11.6 Å². The number of carbonyl (C=O) groups is 1. The maximum atomic E-state index is 12.1. The maximum Gasteiger partial charge on any atom is 0.315 e. The van der Waals surface area contributed by atoms with E-state index in [1.807, 2.05) is 49.0 Å². The van der Waals surface area contributed by atoms with Gasteiger partial charge in [0.15, 0.2) is 0 Å². The average Bonchev–Trinajstić information content (AvgIpc) is 3.25. The molecule has 0 fully saturated rings. The number of rotatable bonds is 7. The van der Waals surface area contributed by atoms with Crippen molar-refractivity contribution in [2.45, 2.75) is 33.9 Å². The van der Waals surface area contributed by atoms with E-state index in [2.05, 4.69) is 33.8 Å². The van der Waals surface area contributed by atoms with Crippen molar-refractivity contribution in [2.75, 3.05) is 6.54 Å². The summed E-state index contributed by atoms with van der Waals surface area (Å²) in [7, 11) is 0. The molecule has 0 saturated carbocycles. The smallest absolute Gasteiger partial charge is 0.315 e. The number of hydrogen-bond donors (Lipinski definition) is 2. The van der Waals surface area contributed by atoms with Crippen molar-refractivity contribution in [3.63, 3.8) is 0 Å². The Hall–Kier alpha value is -2.80. The number of halogens is 1. The molecule has 7 nitrogen and oxygen atoms in total. The number of hydrogen-bond acceptors (Lipinski definition) is 3. The number of nitrogens with one attached hydrogen (secondary N) is 2. The van der Waals surface area contributed by atoms with Gasteiger partial charge < -0.3 is 10.6 Å². The number of amides is 2. The molecule has 2 N–H and O–H groups in total. The van der Waals surface area contributed by atoms with Crippen molar-refractivity contribution in [2.24, 2.45) is 5.92 Å². The van der Waals surface area contributed by atoms with Gasteiger partial charge in [-0.05, 0) is 50.1 Å². The van der Waals surface area contributed by atoms with Crippen LogP contribution in [0.1, 0.15) is 23.9 Å². The molecule has 0 aliphatic heterocycles. The fourth-order valence-corrected chi connectivity index (χ4v) is 3.04. The summed E-state index contributed by atoms with van der Waals surface area (Å²) in [5, 5.41) is 15.2. The monoisotopic (exact) mass is 400 g/mol. The summed E-state index contributed by atoms with van der Waals surface area (Å²) in [6, 6.07) is 9.28. The number of nitrogens with zero attached hydrogens (tertiary/aromatic N) is 4. The lowest BCUT2D eigenvalue weighted by Crippen LogP contribution is -2.38. The molecule has 8 heteroatoms. The normalized spacial score (nSPS) is 12.0. The van der Waals surface area contributed by atoms with E-state index >= 15 is 0 Å². The van der Waals surface area contributed by atoms with Crippen molar-refractivity contribution in [1.82, 2.24) is 30.2 Å². The molecular weight excluding hydrogens is 376 g/mol. The molecule has 0 saturated heterocycles. The van der Waals surface area contributed by atoms with E-state index in [4.69, 9.17) is 11.6 Å². The average molecular weight is 401 g/mol. The maximum absolute atomic E-state index is 12.1. The topological polar surface area (TPSA) is 76.8 Å². The van der Waals surface area contributed by atoms with Gasteiger partial charge in [0.2, 0.25) is 0 Å². The first kappa shape index (κ1) is 19.9. The third kappa shape index (κ3) is 5.36. The lowest BCUT2D eigenvalue weighted by Gasteiger charge is -2.14. The van der Waals surface area contributed by atoms with Crippen molar-refractivity contribution >= 4 is 17.6 Å². The number of aromatic nitrogens is 4. The molecule has 148 valence electrons. The van der Waals surface area contributed by atoms with Crippen molar-refractivity contribution in [1.29, 1.82) is 0 Å². The molecule has 28 heavy (non-hydrogen) atoms. The number of carbonyl (C=O) groups excluding carboxylic acids is 1. The summed E-state index contributed by atoms with van der Waals surface area (Å²) in [6.07, 6.45) is 3.62. The number of aryl methyl sites for hydroxylation is 2. The van der Waals surface area contributed by atoms with Gasteiger partial charge in [0.25, 0.3) is 0 Å². The highest BCUT2D eigenvalue weighted by Gasteiger charge is 2.09. The fraction of sp³-hybridized carbons (Fsp3) is 0.350. The minimum absolute atomic E-state index is 0.195. The first-order valence-corrected chi connectivity index (χ1v) is 9.61. The van der Waals surface area contributed by atoms with Crippen LogP contribution in [0.3, 0.4) is 0 Å². The van der Waals surface area contributed by atoms with Gasteiger partial charge in [-0.2, -0.15) is 10.2 Å². The highest BCUT2D eigenvalue weighted by atomic mass is 35.5. The lowest BCUT2D eigenvalue weighted by molar-refractivity contribution is 0.238. The van der Waals surface area contributed by atoms with Crippen molar-refractivity contribution < 1.29 is 4.79 Å².